The molecular formula is C14H12N4O3S. The van der Waals surface area contributed by atoms with E-state index >= 15 is 0 Å². The highest BCUT2D eigenvalue weighted by atomic mass is 32.1. The van der Waals surface area contributed by atoms with Crippen molar-refractivity contribution in [1.82, 2.24) is 4.98 Å². The van der Waals surface area contributed by atoms with E-state index in [1.54, 1.807) is 6.07 Å². The fourth-order valence-electron chi connectivity index (χ4n) is 1.68. The van der Waals surface area contributed by atoms with Crippen LogP contribution in [0.25, 0.3) is 5.57 Å². The van der Waals surface area contributed by atoms with Crippen LogP contribution in [0.3, 0.4) is 0 Å². The van der Waals surface area contributed by atoms with E-state index < -0.39 is 4.92 Å². The average Bonchev–Trinajstić information content (AvgIpc) is 2.94. The number of allylic oxidation sites excluding steroid dienone is 1. The summed E-state index contributed by atoms with van der Waals surface area (Å²) >= 11 is 1.34. The Kier molecular flexibility index (Phi) is 4.70. The van der Waals surface area contributed by atoms with E-state index in [1.165, 1.54) is 36.8 Å². The zero-order chi connectivity index (χ0) is 16.1. The summed E-state index contributed by atoms with van der Waals surface area (Å²) in [5.41, 5.74) is 1.26. The van der Waals surface area contributed by atoms with E-state index in [-0.39, 0.29) is 11.4 Å². The number of nitriles is 1. The Morgan fingerprint density at radius 3 is 2.91 bits per heavy atom. The van der Waals surface area contributed by atoms with E-state index in [1.807, 2.05) is 18.4 Å². The van der Waals surface area contributed by atoms with Crippen LogP contribution in [0.15, 0.2) is 29.8 Å². The molecule has 8 heteroatoms. The van der Waals surface area contributed by atoms with Crippen molar-refractivity contribution in [3.8, 4) is 11.8 Å². The first-order valence-electron chi connectivity index (χ1n) is 6.17. The Morgan fingerprint density at radius 2 is 2.36 bits per heavy atom. The second kappa shape index (κ2) is 6.69. The van der Waals surface area contributed by atoms with Crippen molar-refractivity contribution in [2.24, 2.45) is 0 Å². The number of methoxy groups -OCH3 is 1. The summed E-state index contributed by atoms with van der Waals surface area (Å²) in [6.07, 6.45) is 1.41. The molecule has 112 valence electrons. The molecule has 22 heavy (non-hydrogen) atoms. The van der Waals surface area contributed by atoms with Gasteiger partial charge in [0.2, 0.25) is 0 Å². The average molecular weight is 316 g/mol. The summed E-state index contributed by atoms with van der Waals surface area (Å²) in [5.74, 6) is 0.386. The van der Waals surface area contributed by atoms with E-state index in [4.69, 9.17) is 4.74 Å². The summed E-state index contributed by atoms with van der Waals surface area (Å²) in [6, 6.07) is 6.46. The summed E-state index contributed by atoms with van der Waals surface area (Å²) in [6.45, 7) is 1.83. The lowest BCUT2D eigenvalue weighted by molar-refractivity contribution is -0.384. The standard InChI is InChI=1S/C14H12N4O3S/c1-9-8-22-14(17-9)10(6-15)7-16-12-4-3-11(21-2)5-13(12)18(19)20/h3-5,7-8,16H,1-2H3/b10-7+. The number of nitro groups is 1. The van der Waals surface area contributed by atoms with Crippen molar-refractivity contribution < 1.29 is 9.66 Å². The highest BCUT2D eigenvalue weighted by Gasteiger charge is 2.15. The van der Waals surface area contributed by atoms with Crippen LogP contribution in [0.5, 0.6) is 5.75 Å². The summed E-state index contributed by atoms with van der Waals surface area (Å²) in [4.78, 5) is 14.8. The predicted octanol–water partition coefficient (Wildman–Crippen LogP) is 3.34. The van der Waals surface area contributed by atoms with Gasteiger partial charge in [-0.25, -0.2) is 4.98 Å². The second-order valence-corrected chi connectivity index (χ2v) is 5.11. The maximum Gasteiger partial charge on any atom is 0.296 e. The number of nitro benzene ring substituents is 1. The maximum absolute atomic E-state index is 11.1. The van der Waals surface area contributed by atoms with Crippen LogP contribution in [-0.2, 0) is 0 Å². The van der Waals surface area contributed by atoms with Crippen LogP contribution in [-0.4, -0.2) is 17.0 Å². The number of hydrogen-bond acceptors (Lipinski definition) is 7. The fourth-order valence-corrected chi connectivity index (χ4v) is 2.44. The fraction of sp³-hybridized carbons (Fsp3) is 0.143. The number of aryl methyl sites for hydroxylation is 1. The number of ether oxygens (including phenoxy) is 1. The molecule has 0 saturated heterocycles. The van der Waals surface area contributed by atoms with Crippen molar-refractivity contribution in [2.45, 2.75) is 6.92 Å². The number of rotatable bonds is 5. The van der Waals surface area contributed by atoms with E-state index in [9.17, 15) is 15.4 Å². The van der Waals surface area contributed by atoms with Crippen LogP contribution < -0.4 is 10.1 Å². The molecule has 0 saturated carbocycles. The van der Waals surface area contributed by atoms with Gasteiger partial charge in [0.25, 0.3) is 5.69 Å². The number of anilines is 1. The van der Waals surface area contributed by atoms with Crippen LogP contribution in [0, 0.1) is 28.4 Å². The van der Waals surface area contributed by atoms with Crippen molar-refractivity contribution in [3.63, 3.8) is 0 Å². The van der Waals surface area contributed by atoms with Crippen LogP contribution in [0.2, 0.25) is 0 Å². The van der Waals surface area contributed by atoms with Crippen LogP contribution in [0.4, 0.5) is 11.4 Å². The van der Waals surface area contributed by atoms with Gasteiger partial charge in [0.15, 0.2) is 0 Å². The Bertz CT molecular complexity index is 777. The summed E-state index contributed by atoms with van der Waals surface area (Å²) in [5, 5.41) is 25.5. The zero-order valence-corrected chi connectivity index (χ0v) is 12.7. The molecule has 0 radical (unpaired) electrons. The quantitative estimate of drug-likeness (QED) is 0.515. The first kappa shape index (κ1) is 15.5. The molecule has 0 aliphatic rings. The molecule has 0 bridgehead atoms. The van der Waals surface area contributed by atoms with Gasteiger partial charge in [-0.15, -0.1) is 11.3 Å². The Hall–Kier alpha value is -2.92. The van der Waals surface area contributed by atoms with Crippen LogP contribution in [0.1, 0.15) is 10.7 Å². The minimum absolute atomic E-state index is 0.136. The van der Waals surface area contributed by atoms with Gasteiger partial charge < -0.3 is 10.1 Å². The monoisotopic (exact) mass is 316 g/mol. The lowest BCUT2D eigenvalue weighted by Crippen LogP contribution is -1.98. The molecule has 1 heterocycles. The molecule has 0 unspecified atom stereocenters. The molecule has 0 amide bonds. The van der Waals surface area contributed by atoms with Crippen molar-refractivity contribution >= 4 is 28.3 Å². The molecule has 2 rings (SSSR count). The maximum atomic E-state index is 11.1. The molecule has 0 aliphatic heterocycles. The molecule has 2 aromatic rings. The molecule has 0 fully saturated rings. The predicted molar refractivity (Wildman–Crippen MR) is 83.7 cm³/mol. The number of thiazole rings is 1. The molecule has 0 aliphatic carbocycles. The third-order valence-corrected chi connectivity index (χ3v) is 3.74. The number of benzene rings is 1. The first-order valence-corrected chi connectivity index (χ1v) is 7.05. The van der Waals surface area contributed by atoms with Gasteiger partial charge >= 0.3 is 0 Å². The minimum Gasteiger partial charge on any atom is -0.496 e. The number of hydrogen-bond donors (Lipinski definition) is 1. The van der Waals surface area contributed by atoms with E-state index in [0.29, 0.717) is 16.3 Å². The van der Waals surface area contributed by atoms with Gasteiger partial charge in [0.05, 0.1) is 18.1 Å². The topological polar surface area (TPSA) is 101 Å². The molecule has 1 aromatic carbocycles. The van der Waals surface area contributed by atoms with Crippen LogP contribution >= 0.6 is 11.3 Å². The zero-order valence-electron chi connectivity index (χ0n) is 11.9. The smallest absolute Gasteiger partial charge is 0.296 e. The van der Waals surface area contributed by atoms with Gasteiger partial charge in [-0.05, 0) is 19.1 Å². The number of nitrogens with one attached hydrogen (secondary N) is 1. The molecular weight excluding hydrogens is 304 g/mol. The van der Waals surface area contributed by atoms with Gasteiger partial charge in [-0.3, -0.25) is 10.1 Å². The van der Waals surface area contributed by atoms with Gasteiger partial charge in [-0.2, -0.15) is 5.26 Å². The molecule has 1 N–H and O–H groups in total. The number of nitrogens with zero attached hydrogens (tertiary/aromatic N) is 3. The summed E-state index contributed by atoms with van der Waals surface area (Å²) in [7, 11) is 1.44. The van der Waals surface area contributed by atoms with E-state index in [2.05, 4.69) is 10.3 Å². The van der Waals surface area contributed by atoms with Crippen molar-refractivity contribution in [1.29, 1.82) is 5.26 Å². The third kappa shape index (κ3) is 3.39. The van der Waals surface area contributed by atoms with Gasteiger partial charge in [0.1, 0.15) is 28.1 Å². The lowest BCUT2D eigenvalue weighted by Gasteiger charge is -2.05. The normalized spacial score (nSPS) is 10.9. The van der Waals surface area contributed by atoms with Gasteiger partial charge in [0, 0.05) is 17.3 Å². The van der Waals surface area contributed by atoms with Crippen molar-refractivity contribution in [2.75, 3.05) is 12.4 Å². The largest absolute Gasteiger partial charge is 0.496 e. The van der Waals surface area contributed by atoms with Gasteiger partial charge in [-0.1, -0.05) is 0 Å². The second-order valence-electron chi connectivity index (χ2n) is 4.25. The molecule has 0 spiro atoms. The Balaban J connectivity index is 2.32. The SMILES string of the molecule is COc1ccc(N/C=C(\C#N)c2nc(C)cs2)c([N+](=O)[O-])c1. The van der Waals surface area contributed by atoms with Crippen molar-refractivity contribution in [3.05, 3.63) is 50.6 Å². The molecule has 7 nitrogen and oxygen atoms in total. The highest BCUT2D eigenvalue weighted by molar-refractivity contribution is 7.10. The molecule has 1 aromatic heterocycles. The first-order chi connectivity index (χ1) is 10.5. The highest BCUT2D eigenvalue weighted by Crippen LogP contribution is 2.29. The lowest BCUT2D eigenvalue weighted by atomic mass is 10.2. The minimum atomic E-state index is -0.516. The Morgan fingerprint density at radius 1 is 1.59 bits per heavy atom. The van der Waals surface area contributed by atoms with E-state index in [0.717, 1.165) is 5.69 Å². The third-order valence-electron chi connectivity index (χ3n) is 2.74. The molecule has 0 atom stereocenters. The number of aromatic nitrogens is 1. The Labute approximate surface area is 130 Å². The summed E-state index contributed by atoms with van der Waals surface area (Å²) < 4.78 is 4.97.